The van der Waals surface area contributed by atoms with Crippen LogP contribution in [0.3, 0.4) is 0 Å². The van der Waals surface area contributed by atoms with Crippen LogP contribution in [0.2, 0.25) is 0 Å². The number of hydrogen-bond donors (Lipinski definition) is 1. The Morgan fingerprint density at radius 3 is 2.63 bits per heavy atom. The van der Waals surface area contributed by atoms with E-state index in [0.29, 0.717) is 6.04 Å². The van der Waals surface area contributed by atoms with Gasteiger partial charge in [0.05, 0.1) is 19.0 Å². The molecule has 0 aromatic carbocycles. The third kappa shape index (κ3) is 4.53. The quantitative estimate of drug-likeness (QED) is 0.825. The molecule has 19 heavy (non-hydrogen) atoms. The van der Waals surface area contributed by atoms with E-state index in [-0.39, 0.29) is 5.41 Å². The van der Waals surface area contributed by atoms with Gasteiger partial charge in [0.25, 0.3) is 0 Å². The van der Waals surface area contributed by atoms with Crippen molar-refractivity contribution in [2.45, 2.75) is 53.0 Å². The molecule has 0 aliphatic heterocycles. The Labute approximate surface area is 117 Å². The molecule has 1 heterocycles. The van der Waals surface area contributed by atoms with Gasteiger partial charge < -0.3 is 10.1 Å². The summed E-state index contributed by atoms with van der Waals surface area (Å²) in [6, 6.07) is 0.507. The van der Waals surface area contributed by atoms with E-state index in [1.807, 2.05) is 11.7 Å². The van der Waals surface area contributed by atoms with Gasteiger partial charge in [-0.05, 0) is 31.2 Å². The van der Waals surface area contributed by atoms with Crippen molar-refractivity contribution >= 4 is 0 Å². The highest BCUT2D eigenvalue weighted by Gasteiger charge is 2.24. The van der Waals surface area contributed by atoms with Crippen LogP contribution in [-0.4, -0.2) is 29.5 Å². The van der Waals surface area contributed by atoms with E-state index in [1.165, 1.54) is 12.1 Å². The number of rotatable bonds is 7. The molecule has 0 saturated heterocycles. The first kappa shape index (κ1) is 16.0. The zero-order valence-electron chi connectivity index (χ0n) is 13.3. The predicted octanol–water partition coefficient (Wildman–Crippen LogP) is 2.78. The topological polar surface area (TPSA) is 39.1 Å². The van der Waals surface area contributed by atoms with Gasteiger partial charge in [0.15, 0.2) is 5.75 Å². The van der Waals surface area contributed by atoms with Crippen molar-refractivity contribution in [3.05, 3.63) is 11.9 Å². The number of aryl methyl sites for hydroxylation is 1. The maximum Gasteiger partial charge on any atom is 0.159 e. The van der Waals surface area contributed by atoms with Gasteiger partial charge in [-0.25, -0.2) is 0 Å². The molecule has 1 aromatic heterocycles. The lowest BCUT2D eigenvalue weighted by Crippen LogP contribution is -2.41. The highest BCUT2D eigenvalue weighted by Crippen LogP contribution is 2.25. The molecule has 0 aliphatic carbocycles. The Bertz CT molecular complexity index is 379. The van der Waals surface area contributed by atoms with Gasteiger partial charge in [0.2, 0.25) is 0 Å². The number of ether oxygens (including phenoxy) is 1. The largest absolute Gasteiger partial charge is 0.493 e. The van der Waals surface area contributed by atoms with Gasteiger partial charge in [0, 0.05) is 13.1 Å². The lowest BCUT2D eigenvalue weighted by Gasteiger charge is -2.32. The monoisotopic (exact) mass is 267 g/mol. The summed E-state index contributed by atoms with van der Waals surface area (Å²) in [4.78, 5) is 0. The van der Waals surface area contributed by atoms with Crippen molar-refractivity contribution in [1.82, 2.24) is 15.1 Å². The Morgan fingerprint density at radius 2 is 2.11 bits per heavy atom. The van der Waals surface area contributed by atoms with Gasteiger partial charge in [-0.2, -0.15) is 5.10 Å². The fourth-order valence-corrected chi connectivity index (χ4v) is 2.34. The van der Waals surface area contributed by atoms with Gasteiger partial charge in [-0.15, -0.1) is 0 Å². The predicted molar refractivity (Wildman–Crippen MR) is 79.6 cm³/mol. The molecule has 110 valence electrons. The van der Waals surface area contributed by atoms with Crippen LogP contribution < -0.4 is 10.1 Å². The molecule has 1 N–H and O–H groups in total. The standard InChI is InChI=1S/C15H29N3O/c1-7-10-16-14(15(2,3)4)9-8-12-13(19-6)11-17-18(12)5/h11,14,16H,7-10H2,1-6H3. The maximum absolute atomic E-state index is 5.36. The molecule has 0 fully saturated rings. The lowest BCUT2D eigenvalue weighted by molar-refractivity contribution is 0.253. The summed E-state index contributed by atoms with van der Waals surface area (Å²) < 4.78 is 7.28. The second-order valence-electron chi connectivity index (χ2n) is 6.19. The van der Waals surface area contributed by atoms with Crippen molar-refractivity contribution in [3.8, 4) is 5.75 Å². The minimum absolute atomic E-state index is 0.265. The number of aromatic nitrogens is 2. The fourth-order valence-electron chi connectivity index (χ4n) is 2.34. The average Bonchev–Trinajstić information content (AvgIpc) is 2.68. The smallest absolute Gasteiger partial charge is 0.159 e. The highest BCUT2D eigenvalue weighted by atomic mass is 16.5. The van der Waals surface area contributed by atoms with Crippen molar-refractivity contribution < 1.29 is 4.74 Å². The maximum atomic E-state index is 5.36. The minimum Gasteiger partial charge on any atom is -0.493 e. The molecule has 0 bridgehead atoms. The molecule has 0 radical (unpaired) electrons. The summed E-state index contributed by atoms with van der Waals surface area (Å²) in [5.41, 5.74) is 1.44. The summed E-state index contributed by atoms with van der Waals surface area (Å²) in [7, 11) is 3.68. The van der Waals surface area contributed by atoms with E-state index >= 15 is 0 Å². The van der Waals surface area contributed by atoms with Gasteiger partial charge in [-0.3, -0.25) is 4.68 Å². The molecule has 1 atom stereocenters. The zero-order valence-corrected chi connectivity index (χ0v) is 13.3. The Balaban J connectivity index is 2.67. The molecule has 0 saturated carbocycles. The summed E-state index contributed by atoms with van der Waals surface area (Å²) in [6.45, 7) is 10.2. The molecule has 4 heteroatoms. The Morgan fingerprint density at radius 1 is 1.42 bits per heavy atom. The first-order valence-corrected chi connectivity index (χ1v) is 7.18. The van der Waals surface area contributed by atoms with Crippen molar-refractivity contribution in [1.29, 1.82) is 0 Å². The Kier molecular flexibility index (Phi) is 5.85. The Hall–Kier alpha value is -1.03. The highest BCUT2D eigenvalue weighted by molar-refractivity contribution is 5.25. The second-order valence-corrected chi connectivity index (χ2v) is 6.19. The van der Waals surface area contributed by atoms with Crippen LogP contribution in [0, 0.1) is 5.41 Å². The normalized spacial score (nSPS) is 13.6. The van der Waals surface area contributed by atoms with Gasteiger partial charge in [-0.1, -0.05) is 27.7 Å². The molecular weight excluding hydrogens is 238 g/mol. The number of nitrogens with zero attached hydrogens (tertiary/aromatic N) is 2. The summed E-state index contributed by atoms with van der Waals surface area (Å²) in [5, 5.41) is 7.92. The van der Waals surface area contributed by atoms with E-state index in [9.17, 15) is 0 Å². The SMILES string of the molecule is CCCNC(CCc1c(OC)cnn1C)C(C)(C)C. The van der Waals surface area contributed by atoms with Crippen LogP contribution in [0.5, 0.6) is 5.75 Å². The van der Waals surface area contributed by atoms with Crippen LogP contribution >= 0.6 is 0 Å². The van der Waals surface area contributed by atoms with E-state index in [1.54, 1.807) is 13.3 Å². The van der Waals surface area contributed by atoms with Crippen LogP contribution in [-0.2, 0) is 13.5 Å². The first-order valence-electron chi connectivity index (χ1n) is 7.18. The third-order valence-electron chi connectivity index (χ3n) is 3.60. The van der Waals surface area contributed by atoms with E-state index in [4.69, 9.17) is 4.74 Å². The second kappa shape index (κ2) is 6.94. The summed E-state index contributed by atoms with van der Waals surface area (Å²) in [5.74, 6) is 0.894. The fraction of sp³-hybridized carbons (Fsp3) is 0.800. The van der Waals surface area contributed by atoms with E-state index < -0.39 is 0 Å². The molecule has 0 amide bonds. The summed E-state index contributed by atoms with van der Waals surface area (Å²) >= 11 is 0. The minimum atomic E-state index is 0.265. The van der Waals surface area contributed by atoms with Crippen LogP contribution in [0.4, 0.5) is 0 Å². The third-order valence-corrected chi connectivity index (χ3v) is 3.60. The average molecular weight is 267 g/mol. The molecular formula is C15H29N3O. The molecule has 1 aromatic rings. The van der Waals surface area contributed by atoms with E-state index in [0.717, 1.165) is 25.1 Å². The van der Waals surface area contributed by atoms with Crippen LogP contribution in [0.25, 0.3) is 0 Å². The number of nitrogens with one attached hydrogen (secondary N) is 1. The summed E-state index contributed by atoms with van der Waals surface area (Å²) in [6.07, 6.45) is 5.04. The van der Waals surface area contributed by atoms with Gasteiger partial charge in [0.1, 0.15) is 0 Å². The van der Waals surface area contributed by atoms with Crippen LogP contribution in [0.1, 0.15) is 46.2 Å². The molecule has 0 aliphatic rings. The van der Waals surface area contributed by atoms with E-state index in [2.05, 4.69) is 38.1 Å². The lowest BCUT2D eigenvalue weighted by atomic mass is 9.83. The van der Waals surface area contributed by atoms with Gasteiger partial charge >= 0.3 is 0 Å². The van der Waals surface area contributed by atoms with Crippen LogP contribution in [0.15, 0.2) is 6.20 Å². The molecule has 4 nitrogen and oxygen atoms in total. The first-order chi connectivity index (χ1) is 8.90. The molecule has 1 rings (SSSR count). The van der Waals surface area contributed by atoms with Crippen molar-refractivity contribution in [2.75, 3.05) is 13.7 Å². The number of methoxy groups -OCH3 is 1. The van der Waals surface area contributed by atoms with Crippen molar-refractivity contribution in [2.24, 2.45) is 12.5 Å². The zero-order chi connectivity index (χ0) is 14.5. The molecule has 1 unspecified atom stereocenters. The van der Waals surface area contributed by atoms with Crippen molar-refractivity contribution in [3.63, 3.8) is 0 Å². The number of hydrogen-bond acceptors (Lipinski definition) is 3. The molecule has 0 spiro atoms.